The molecule has 0 aliphatic carbocycles. The normalized spacial score (nSPS) is 30.3. The molecule has 5 atom stereocenters. The van der Waals surface area contributed by atoms with Gasteiger partial charge in [-0.15, -0.1) is 0 Å². The van der Waals surface area contributed by atoms with Crippen LogP contribution in [0.25, 0.3) is 0 Å². The third-order valence-electron chi connectivity index (χ3n) is 5.53. The summed E-state index contributed by atoms with van der Waals surface area (Å²) < 4.78 is 17.8. The van der Waals surface area contributed by atoms with Gasteiger partial charge in [0.1, 0.15) is 24.9 Å². The molecule has 1 aromatic carbocycles. The van der Waals surface area contributed by atoms with Crippen LogP contribution in [0.4, 0.5) is 5.82 Å². The summed E-state index contributed by atoms with van der Waals surface area (Å²) in [6, 6.07) is 10.3. The topological polar surface area (TPSA) is 152 Å². The zero-order valence-corrected chi connectivity index (χ0v) is 16.5. The van der Waals surface area contributed by atoms with E-state index in [2.05, 4.69) is 4.98 Å². The molecule has 2 aliphatic heterocycles. The van der Waals surface area contributed by atoms with Crippen molar-refractivity contribution < 1.29 is 34.4 Å². The average Bonchev–Trinajstić information content (AvgIpc) is 3.40. The van der Waals surface area contributed by atoms with Gasteiger partial charge in [-0.1, -0.05) is 30.3 Å². The number of nitrogens with zero attached hydrogens (tertiary/aromatic N) is 2. The van der Waals surface area contributed by atoms with E-state index in [4.69, 9.17) is 19.4 Å². The van der Waals surface area contributed by atoms with Crippen molar-refractivity contribution in [2.75, 3.05) is 18.7 Å². The molecule has 2 saturated heterocycles. The first kappa shape index (κ1) is 21.4. The Morgan fingerprint density at radius 1 is 1.26 bits per heavy atom. The monoisotopic (exact) mass is 433 g/mol. The lowest BCUT2D eigenvalue weighted by atomic mass is 9.91. The molecule has 2 fully saturated rings. The lowest BCUT2D eigenvalue weighted by Gasteiger charge is -2.27. The highest BCUT2D eigenvalue weighted by Gasteiger charge is 2.48. The van der Waals surface area contributed by atoms with Gasteiger partial charge in [-0.3, -0.25) is 15.3 Å². The van der Waals surface area contributed by atoms with E-state index in [0.717, 1.165) is 4.57 Å². The first-order valence-corrected chi connectivity index (χ1v) is 9.84. The molecule has 2 aromatic rings. The molecular formula is C20H23N3O8. The quantitative estimate of drug-likeness (QED) is 0.359. The number of aromatic nitrogens is 2. The number of ether oxygens (including phenoxy) is 3. The van der Waals surface area contributed by atoms with Crippen LogP contribution in [-0.4, -0.2) is 62.5 Å². The van der Waals surface area contributed by atoms with Crippen LogP contribution < -0.4 is 11.2 Å². The molecule has 0 unspecified atom stereocenters. The number of carbonyl (C=O) groups is 1. The molecule has 0 amide bonds. The van der Waals surface area contributed by atoms with Crippen molar-refractivity contribution in [2.45, 2.75) is 43.0 Å². The Labute approximate surface area is 176 Å². The molecule has 31 heavy (non-hydrogen) atoms. The average molecular weight is 433 g/mol. The molecule has 3 heterocycles. The number of nitrogens with one attached hydrogen (secondary N) is 1. The number of anilines is 1. The second kappa shape index (κ2) is 8.73. The van der Waals surface area contributed by atoms with Crippen molar-refractivity contribution in [2.24, 2.45) is 0 Å². The van der Waals surface area contributed by atoms with Crippen LogP contribution in [0.3, 0.4) is 0 Å². The van der Waals surface area contributed by atoms with Gasteiger partial charge in [0.2, 0.25) is 0 Å². The summed E-state index contributed by atoms with van der Waals surface area (Å²) >= 11 is 0. The molecule has 4 rings (SSSR count). The maximum Gasteiger partial charge on any atom is 0.351 e. The van der Waals surface area contributed by atoms with Crippen molar-refractivity contribution >= 4 is 11.8 Å². The van der Waals surface area contributed by atoms with E-state index in [1.54, 1.807) is 29.7 Å². The van der Waals surface area contributed by atoms with Gasteiger partial charge in [-0.05, 0) is 24.5 Å². The number of benzene rings is 1. The molecule has 4 N–H and O–H groups in total. The summed E-state index contributed by atoms with van der Waals surface area (Å²) in [7, 11) is 0. The Morgan fingerprint density at radius 2 is 2.03 bits per heavy atom. The SMILES string of the molecule is O=C(OC[C@H]1O[C@@H](n2ccc(NO)nc2=O)[C@H](O)[C@@H]1O)[C@]1(c2ccccc2)CCCO1. The van der Waals surface area contributed by atoms with E-state index in [0.29, 0.717) is 25.0 Å². The minimum atomic E-state index is -1.46. The first-order valence-electron chi connectivity index (χ1n) is 9.84. The number of aliphatic hydroxyl groups excluding tert-OH is 2. The molecule has 1 aromatic heterocycles. The Balaban J connectivity index is 1.46. The largest absolute Gasteiger partial charge is 0.460 e. The molecular weight excluding hydrogens is 410 g/mol. The van der Waals surface area contributed by atoms with E-state index in [1.165, 1.54) is 12.3 Å². The van der Waals surface area contributed by atoms with Gasteiger partial charge in [0, 0.05) is 12.8 Å². The van der Waals surface area contributed by atoms with Gasteiger partial charge >= 0.3 is 11.7 Å². The Kier molecular flexibility index (Phi) is 6.03. The van der Waals surface area contributed by atoms with E-state index in [1.807, 2.05) is 6.07 Å². The summed E-state index contributed by atoms with van der Waals surface area (Å²) in [6.07, 6.45) is -2.76. The Hall–Kier alpha value is -2.83. The third-order valence-corrected chi connectivity index (χ3v) is 5.53. The number of esters is 1. The second-order valence-electron chi connectivity index (χ2n) is 7.40. The molecule has 166 valence electrons. The molecule has 0 bridgehead atoms. The van der Waals surface area contributed by atoms with Gasteiger partial charge < -0.3 is 24.4 Å². The maximum absolute atomic E-state index is 12.9. The summed E-state index contributed by atoms with van der Waals surface area (Å²) in [5.41, 5.74) is 0.388. The van der Waals surface area contributed by atoms with Crippen LogP contribution in [0, 0.1) is 0 Å². The smallest absolute Gasteiger partial charge is 0.351 e. The summed E-state index contributed by atoms with van der Waals surface area (Å²) in [4.78, 5) is 28.6. The summed E-state index contributed by atoms with van der Waals surface area (Å²) in [5.74, 6) is -0.690. The minimum absolute atomic E-state index is 0.0810. The molecule has 0 spiro atoms. The van der Waals surface area contributed by atoms with Crippen molar-refractivity contribution in [3.63, 3.8) is 0 Å². The van der Waals surface area contributed by atoms with E-state index in [-0.39, 0.29) is 12.4 Å². The van der Waals surface area contributed by atoms with Crippen molar-refractivity contribution in [1.29, 1.82) is 0 Å². The predicted octanol–water partition coefficient (Wildman–Crippen LogP) is -0.0873. The van der Waals surface area contributed by atoms with Gasteiger partial charge in [-0.25, -0.2) is 9.59 Å². The fourth-order valence-electron chi connectivity index (χ4n) is 3.89. The van der Waals surface area contributed by atoms with Crippen LogP contribution >= 0.6 is 0 Å². The molecule has 0 radical (unpaired) electrons. The van der Waals surface area contributed by atoms with Gasteiger partial charge in [-0.2, -0.15) is 4.98 Å². The maximum atomic E-state index is 12.9. The zero-order valence-electron chi connectivity index (χ0n) is 16.5. The fraction of sp³-hybridized carbons (Fsp3) is 0.450. The highest BCUT2D eigenvalue weighted by molar-refractivity contribution is 5.81. The molecule has 0 saturated carbocycles. The summed E-state index contributed by atoms with van der Waals surface area (Å²) in [6.45, 7) is 0.0753. The van der Waals surface area contributed by atoms with Crippen LogP contribution in [-0.2, 0) is 24.6 Å². The molecule has 2 aliphatic rings. The number of hydrogen-bond donors (Lipinski definition) is 4. The van der Waals surface area contributed by atoms with Gasteiger partial charge in [0.05, 0.1) is 0 Å². The van der Waals surface area contributed by atoms with Gasteiger partial charge in [0.25, 0.3) is 0 Å². The van der Waals surface area contributed by atoms with E-state index < -0.39 is 41.8 Å². The minimum Gasteiger partial charge on any atom is -0.460 e. The van der Waals surface area contributed by atoms with Crippen LogP contribution in [0.15, 0.2) is 47.4 Å². The molecule has 11 heteroatoms. The lowest BCUT2D eigenvalue weighted by Crippen LogP contribution is -2.40. The molecule has 11 nitrogen and oxygen atoms in total. The van der Waals surface area contributed by atoms with Crippen LogP contribution in [0.5, 0.6) is 0 Å². The fourth-order valence-corrected chi connectivity index (χ4v) is 3.89. The van der Waals surface area contributed by atoms with Crippen molar-refractivity contribution in [1.82, 2.24) is 9.55 Å². The van der Waals surface area contributed by atoms with Crippen molar-refractivity contribution in [3.8, 4) is 0 Å². The number of aliphatic hydroxyl groups is 2. The second-order valence-corrected chi connectivity index (χ2v) is 7.40. The van der Waals surface area contributed by atoms with Crippen LogP contribution in [0.2, 0.25) is 0 Å². The van der Waals surface area contributed by atoms with Crippen molar-refractivity contribution in [3.05, 3.63) is 58.6 Å². The zero-order chi connectivity index (χ0) is 22.0. The highest BCUT2D eigenvalue weighted by Crippen LogP contribution is 2.38. The number of carbonyl (C=O) groups excluding carboxylic acids is 1. The Morgan fingerprint density at radius 3 is 2.68 bits per heavy atom. The van der Waals surface area contributed by atoms with E-state index >= 15 is 0 Å². The standard InChI is InChI=1S/C20H23N3O8/c24-15-13(31-17(16(15)25)23-9-7-14(22-28)21-19(23)27)11-29-18(26)20(8-4-10-30-20)12-5-2-1-3-6-12/h1-3,5-7,9,13,15-17,24-25,28H,4,8,10-11H2,(H,21,22,27)/t13-,15-,16-,17-,20-/m1/s1. The van der Waals surface area contributed by atoms with Gasteiger partial charge in [0.15, 0.2) is 17.6 Å². The number of rotatable bonds is 6. The number of hydrogen-bond acceptors (Lipinski definition) is 10. The van der Waals surface area contributed by atoms with E-state index in [9.17, 15) is 19.8 Å². The third kappa shape index (κ3) is 3.93. The lowest BCUT2D eigenvalue weighted by molar-refractivity contribution is -0.174. The first-order chi connectivity index (χ1) is 15.0. The Bertz CT molecular complexity index is 976. The summed E-state index contributed by atoms with van der Waals surface area (Å²) in [5, 5.41) is 29.5. The van der Waals surface area contributed by atoms with Crippen LogP contribution in [0.1, 0.15) is 24.6 Å². The predicted molar refractivity (Wildman–Crippen MR) is 104 cm³/mol. The highest BCUT2D eigenvalue weighted by atomic mass is 16.6.